The van der Waals surface area contributed by atoms with Crippen molar-refractivity contribution in [2.45, 2.75) is 18.5 Å². The number of alkyl halides is 3. The lowest BCUT2D eigenvalue weighted by Crippen LogP contribution is -2.20. The molecule has 5 nitrogen and oxygen atoms in total. The highest BCUT2D eigenvalue weighted by atomic mass is 19.4. The Bertz CT molecular complexity index is 1270. The molecular weight excluding hydrogens is 426 g/mol. The largest absolute Gasteiger partial charge is 0.468 e. The second-order valence-electron chi connectivity index (χ2n) is 7.15. The summed E-state index contributed by atoms with van der Waals surface area (Å²) in [5.41, 5.74) is 1.68. The lowest BCUT2D eigenvalue weighted by atomic mass is 9.95. The molecule has 4 rings (SSSR count). The number of fused-ring (bicyclic) bond motifs is 1. The standard InChI is InChI=1S/C23H17F4N3O2/c1-32-22(31)18(12-14-3-2-4-17(24)11-14)20-9-10-28-21-19(13-29-30(20)21)15-5-7-16(8-6-15)23(25,26)27/h2-11,13,18H,12H2,1H3. The first kappa shape index (κ1) is 21.5. The van der Waals surface area contributed by atoms with Crippen LogP contribution in [0.2, 0.25) is 0 Å². The molecular formula is C23H17F4N3O2. The molecule has 164 valence electrons. The van der Waals surface area contributed by atoms with Crippen LogP contribution < -0.4 is 0 Å². The van der Waals surface area contributed by atoms with Gasteiger partial charge in [-0.25, -0.2) is 13.9 Å². The van der Waals surface area contributed by atoms with E-state index in [0.717, 1.165) is 12.1 Å². The Hall–Kier alpha value is -3.75. The molecule has 1 atom stereocenters. The molecule has 0 aliphatic heterocycles. The van der Waals surface area contributed by atoms with Crippen LogP contribution in [0.5, 0.6) is 0 Å². The molecule has 32 heavy (non-hydrogen) atoms. The van der Waals surface area contributed by atoms with Crippen molar-refractivity contribution >= 4 is 11.6 Å². The predicted molar refractivity (Wildman–Crippen MR) is 108 cm³/mol. The normalized spacial score (nSPS) is 12.7. The summed E-state index contributed by atoms with van der Waals surface area (Å²) in [5.74, 6) is -1.75. The Morgan fingerprint density at radius 1 is 1.12 bits per heavy atom. The number of rotatable bonds is 5. The number of esters is 1. The second-order valence-corrected chi connectivity index (χ2v) is 7.15. The number of ether oxygens (including phenoxy) is 1. The first-order valence-electron chi connectivity index (χ1n) is 9.60. The highest BCUT2D eigenvalue weighted by molar-refractivity contribution is 5.80. The van der Waals surface area contributed by atoms with Gasteiger partial charge in [-0.15, -0.1) is 0 Å². The van der Waals surface area contributed by atoms with Crippen LogP contribution in [0.15, 0.2) is 67.0 Å². The molecule has 4 aromatic rings. The first-order chi connectivity index (χ1) is 15.3. The van der Waals surface area contributed by atoms with Gasteiger partial charge >= 0.3 is 12.1 Å². The van der Waals surface area contributed by atoms with Crippen molar-refractivity contribution in [1.29, 1.82) is 0 Å². The average Bonchev–Trinajstić information content (AvgIpc) is 3.21. The van der Waals surface area contributed by atoms with Gasteiger partial charge in [-0.1, -0.05) is 24.3 Å². The SMILES string of the molecule is COC(=O)C(Cc1cccc(F)c1)c1ccnc2c(-c3ccc(C(F)(F)F)cc3)cnn12. The maximum Gasteiger partial charge on any atom is 0.416 e. The first-order valence-corrected chi connectivity index (χ1v) is 9.60. The molecule has 2 heterocycles. The smallest absolute Gasteiger partial charge is 0.416 e. The monoisotopic (exact) mass is 443 g/mol. The number of carbonyl (C=O) groups excluding carboxylic acids is 1. The van der Waals surface area contributed by atoms with Crippen LogP contribution in [0.1, 0.15) is 22.7 Å². The zero-order chi connectivity index (χ0) is 22.9. The summed E-state index contributed by atoms with van der Waals surface area (Å²) in [4.78, 5) is 16.9. The van der Waals surface area contributed by atoms with Crippen LogP contribution >= 0.6 is 0 Å². The third-order valence-corrected chi connectivity index (χ3v) is 5.13. The maximum absolute atomic E-state index is 13.6. The molecule has 0 N–H and O–H groups in total. The van der Waals surface area contributed by atoms with Crippen LogP contribution in [0.4, 0.5) is 17.6 Å². The number of halogens is 4. The number of benzene rings is 2. The second kappa shape index (κ2) is 8.41. The average molecular weight is 443 g/mol. The van der Waals surface area contributed by atoms with Gasteiger partial charge in [0.1, 0.15) is 11.7 Å². The van der Waals surface area contributed by atoms with Gasteiger partial charge in [-0.05, 0) is 47.9 Å². The van der Waals surface area contributed by atoms with Crippen molar-refractivity contribution < 1.29 is 27.1 Å². The van der Waals surface area contributed by atoms with E-state index in [4.69, 9.17) is 4.74 Å². The molecule has 0 aliphatic carbocycles. The van der Waals surface area contributed by atoms with Crippen LogP contribution in [0.25, 0.3) is 16.8 Å². The fourth-order valence-electron chi connectivity index (χ4n) is 3.57. The van der Waals surface area contributed by atoms with Gasteiger partial charge in [0.25, 0.3) is 0 Å². The molecule has 0 amide bonds. The van der Waals surface area contributed by atoms with Gasteiger partial charge in [-0.3, -0.25) is 4.79 Å². The van der Waals surface area contributed by atoms with E-state index in [0.29, 0.717) is 28.0 Å². The molecule has 0 saturated carbocycles. The fourth-order valence-corrected chi connectivity index (χ4v) is 3.57. The molecule has 0 bridgehead atoms. The minimum absolute atomic E-state index is 0.166. The lowest BCUT2D eigenvalue weighted by Gasteiger charge is -2.16. The third-order valence-electron chi connectivity index (χ3n) is 5.13. The summed E-state index contributed by atoms with van der Waals surface area (Å²) in [6.07, 6.45) is -1.30. The molecule has 9 heteroatoms. The summed E-state index contributed by atoms with van der Waals surface area (Å²) in [7, 11) is 1.26. The van der Waals surface area contributed by atoms with E-state index < -0.39 is 29.4 Å². The van der Waals surface area contributed by atoms with E-state index in [1.807, 2.05) is 0 Å². The summed E-state index contributed by atoms with van der Waals surface area (Å²) in [6, 6.07) is 12.2. The Balaban J connectivity index is 1.76. The summed E-state index contributed by atoms with van der Waals surface area (Å²) >= 11 is 0. The number of hydrogen-bond acceptors (Lipinski definition) is 4. The van der Waals surface area contributed by atoms with Crippen LogP contribution in [-0.2, 0) is 22.1 Å². The summed E-state index contributed by atoms with van der Waals surface area (Å²) in [6.45, 7) is 0. The third kappa shape index (κ3) is 4.18. The van der Waals surface area contributed by atoms with Crippen LogP contribution in [0, 0.1) is 5.82 Å². The van der Waals surface area contributed by atoms with E-state index in [1.54, 1.807) is 18.2 Å². The molecule has 0 spiro atoms. The minimum Gasteiger partial charge on any atom is -0.468 e. The topological polar surface area (TPSA) is 56.5 Å². The fraction of sp³-hybridized carbons (Fsp3) is 0.174. The van der Waals surface area contributed by atoms with Crippen LogP contribution in [-0.4, -0.2) is 27.7 Å². The van der Waals surface area contributed by atoms with Gasteiger partial charge in [0, 0.05) is 11.8 Å². The zero-order valence-corrected chi connectivity index (χ0v) is 16.8. The summed E-state index contributed by atoms with van der Waals surface area (Å²) < 4.78 is 58.7. The lowest BCUT2D eigenvalue weighted by molar-refractivity contribution is -0.142. The Morgan fingerprint density at radius 3 is 2.53 bits per heavy atom. The number of hydrogen-bond donors (Lipinski definition) is 0. The van der Waals surface area contributed by atoms with E-state index in [9.17, 15) is 22.4 Å². The van der Waals surface area contributed by atoms with Crippen molar-refractivity contribution in [3.8, 4) is 11.1 Å². The molecule has 0 aliphatic rings. The van der Waals surface area contributed by atoms with Gasteiger partial charge in [-0.2, -0.15) is 18.3 Å². The highest BCUT2D eigenvalue weighted by Gasteiger charge is 2.30. The van der Waals surface area contributed by atoms with Crippen molar-refractivity contribution in [2.24, 2.45) is 0 Å². The van der Waals surface area contributed by atoms with Crippen LogP contribution in [0.3, 0.4) is 0 Å². The summed E-state index contributed by atoms with van der Waals surface area (Å²) in [5, 5.41) is 4.31. The molecule has 0 radical (unpaired) electrons. The molecule has 1 unspecified atom stereocenters. The zero-order valence-electron chi connectivity index (χ0n) is 16.8. The van der Waals surface area contributed by atoms with E-state index in [2.05, 4.69) is 10.1 Å². The molecule has 0 fully saturated rings. The van der Waals surface area contributed by atoms with Crippen molar-refractivity contribution in [2.75, 3.05) is 7.11 Å². The van der Waals surface area contributed by atoms with Crippen molar-refractivity contribution in [1.82, 2.24) is 14.6 Å². The van der Waals surface area contributed by atoms with Gasteiger partial charge < -0.3 is 4.74 Å². The van der Waals surface area contributed by atoms with Gasteiger partial charge in [0.2, 0.25) is 0 Å². The van der Waals surface area contributed by atoms with Crippen molar-refractivity contribution in [3.63, 3.8) is 0 Å². The number of nitrogens with zero attached hydrogens (tertiary/aromatic N) is 3. The Kier molecular flexibility index (Phi) is 5.65. The van der Waals surface area contributed by atoms with E-state index in [-0.39, 0.29) is 6.42 Å². The molecule has 2 aromatic heterocycles. The predicted octanol–water partition coefficient (Wildman–Crippen LogP) is 5.05. The van der Waals surface area contributed by atoms with Gasteiger partial charge in [0.15, 0.2) is 5.65 Å². The number of carbonyl (C=O) groups is 1. The minimum atomic E-state index is -4.43. The molecule has 2 aromatic carbocycles. The van der Waals surface area contributed by atoms with E-state index in [1.165, 1.54) is 48.3 Å². The number of aromatic nitrogens is 3. The Labute approximate surface area is 180 Å². The van der Waals surface area contributed by atoms with E-state index >= 15 is 0 Å². The number of methoxy groups -OCH3 is 1. The van der Waals surface area contributed by atoms with Crippen molar-refractivity contribution in [3.05, 3.63) is 89.6 Å². The van der Waals surface area contributed by atoms with Gasteiger partial charge in [0.05, 0.1) is 24.6 Å². The Morgan fingerprint density at radius 2 is 1.88 bits per heavy atom. The highest BCUT2D eigenvalue weighted by Crippen LogP contribution is 2.32. The quantitative estimate of drug-likeness (QED) is 0.320. The maximum atomic E-state index is 13.6. The molecule has 0 saturated heterocycles.